The SMILES string of the molecule is O=C(CNC1CC1)NC1CCCN(CC2COc3ccccc3O2)C1. The second-order valence-electron chi connectivity index (χ2n) is 7.32. The Hall–Kier alpha value is -1.79. The summed E-state index contributed by atoms with van der Waals surface area (Å²) in [4.78, 5) is 14.4. The van der Waals surface area contributed by atoms with Crippen molar-refractivity contribution in [1.29, 1.82) is 0 Å². The first-order valence-electron chi connectivity index (χ1n) is 9.40. The summed E-state index contributed by atoms with van der Waals surface area (Å²) in [5.41, 5.74) is 0. The third kappa shape index (κ3) is 4.64. The van der Waals surface area contributed by atoms with Gasteiger partial charge in [0.2, 0.25) is 5.91 Å². The molecule has 2 unspecified atom stereocenters. The first-order valence-corrected chi connectivity index (χ1v) is 9.40. The van der Waals surface area contributed by atoms with Crippen LogP contribution in [0.15, 0.2) is 24.3 Å². The van der Waals surface area contributed by atoms with Crippen LogP contribution in [0.5, 0.6) is 11.5 Å². The molecule has 1 amide bonds. The Morgan fingerprint density at radius 1 is 1.16 bits per heavy atom. The number of nitrogens with one attached hydrogen (secondary N) is 2. The van der Waals surface area contributed by atoms with Gasteiger partial charge in [0.15, 0.2) is 11.5 Å². The normalized spacial score (nSPS) is 26.2. The fourth-order valence-electron chi connectivity index (χ4n) is 3.58. The smallest absolute Gasteiger partial charge is 0.234 e. The molecule has 6 nitrogen and oxygen atoms in total. The summed E-state index contributed by atoms with van der Waals surface area (Å²) in [5.74, 6) is 1.77. The molecule has 2 aliphatic heterocycles. The molecule has 1 aromatic rings. The highest BCUT2D eigenvalue weighted by Crippen LogP contribution is 2.31. The standard InChI is InChI=1S/C19H27N3O3/c23-19(10-20-14-7-8-14)21-15-4-3-9-22(11-15)12-16-13-24-17-5-1-2-6-18(17)25-16/h1-2,5-6,14-16,20H,3-4,7-13H2,(H,21,23). The molecule has 2 atom stereocenters. The van der Waals surface area contributed by atoms with Crippen LogP contribution in [0.4, 0.5) is 0 Å². The molecule has 2 N–H and O–H groups in total. The van der Waals surface area contributed by atoms with Crippen molar-refractivity contribution in [2.75, 3.05) is 32.8 Å². The molecule has 1 aliphatic carbocycles. The molecule has 0 bridgehead atoms. The lowest BCUT2D eigenvalue weighted by Gasteiger charge is -2.36. The van der Waals surface area contributed by atoms with Crippen LogP contribution in [0.3, 0.4) is 0 Å². The van der Waals surface area contributed by atoms with Crippen LogP contribution in [0.25, 0.3) is 0 Å². The summed E-state index contributed by atoms with van der Waals surface area (Å²) in [6.07, 6.45) is 4.61. The number of hydrogen-bond donors (Lipinski definition) is 2. The number of fused-ring (bicyclic) bond motifs is 1. The molecule has 2 fully saturated rings. The number of nitrogens with zero attached hydrogens (tertiary/aromatic N) is 1. The average Bonchev–Trinajstić information content (AvgIpc) is 3.45. The largest absolute Gasteiger partial charge is 0.486 e. The van der Waals surface area contributed by atoms with E-state index in [1.54, 1.807) is 0 Å². The monoisotopic (exact) mass is 345 g/mol. The zero-order valence-corrected chi connectivity index (χ0v) is 14.6. The van der Waals surface area contributed by atoms with Gasteiger partial charge < -0.3 is 20.1 Å². The van der Waals surface area contributed by atoms with Gasteiger partial charge in [-0.05, 0) is 44.4 Å². The lowest BCUT2D eigenvalue weighted by atomic mass is 10.1. The predicted octanol–water partition coefficient (Wildman–Crippen LogP) is 1.16. The summed E-state index contributed by atoms with van der Waals surface area (Å²) in [6, 6.07) is 8.62. The first-order chi connectivity index (χ1) is 12.3. The van der Waals surface area contributed by atoms with E-state index in [9.17, 15) is 4.79 Å². The molecule has 1 aromatic carbocycles. The van der Waals surface area contributed by atoms with Crippen molar-refractivity contribution in [3.8, 4) is 11.5 Å². The number of carbonyl (C=O) groups is 1. The van der Waals surface area contributed by atoms with E-state index in [2.05, 4.69) is 15.5 Å². The fourth-order valence-corrected chi connectivity index (χ4v) is 3.58. The molecule has 136 valence electrons. The Bertz CT molecular complexity index is 605. The average molecular weight is 345 g/mol. The maximum absolute atomic E-state index is 12.0. The Morgan fingerprint density at radius 2 is 2.00 bits per heavy atom. The van der Waals surface area contributed by atoms with E-state index in [0.717, 1.165) is 44.0 Å². The molecule has 25 heavy (non-hydrogen) atoms. The van der Waals surface area contributed by atoms with E-state index in [1.807, 2.05) is 24.3 Å². The van der Waals surface area contributed by atoms with Gasteiger partial charge in [-0.25, -0.2) is 0 Å². The van der Waals surface area contributed by atoms with Gasteiger partial charge in [0.05, 0.1) is 6.54 Å². The molecule has 1 saturated carbocycles. The van der Waals surface area contributed by atoms with E-state index >= 15 is 0 Å². The van der Waals surface area contributed by atoms with Gasteiger partial charge in [-0.3, -0.25) is 9.69 Å². The van der Waals surface area contributed by atoms with Crippen molar-refractivity contribution in [1.82, 2.24) is 15.5 Å². The van der Waals surface area contributed by atoms with Crippen LogP contribution in [0.2, 0.25) is 0 Å². The van der Waals surface area contributed by atoms with Crippen molar-refractivity contribution in [3.63, 3.8) is 0 Å². The van der Waals surface area contributed by atoms with Crippen LogP contribution < -0.4 is 20.1 Å². The molecule has 0 spiro atoms. The molecule has 0 radical (unpaired) electrons. The fraction of sp³-hybridized carbons (Fsp3) is 0.632. The zero-order chi connectivity index (χ0) is 17.1. The van der Waals surface area contributed by atoms with Crippen molar-refractivity contribution < 1.29 is 14.3 Å². The number of para-hydroxylation sites is 2. The minimum absolute atomic E-state index is 0.0425. The summed E-state index contributed by atoms with van der Waals surface area (Å²) < 4.78 is 11.9. The van der Waals surface area contributed by atoms with E-state index in [-0.39, 0.29) is 18.1 Å². The van der Waals surface area contributed by atoms with Gasteiger partial charge in [0.1, 0.15) is 12.7 Å². The Morgan fingerprint density at radius 3 is 2.84 bits per heavy atom. The van der Waals surface area contributed by atoms with E-state index in [0.29, 0.717) is 19.2 Å². The van der Waals surface area contributed by atoms with Gasteiger partial charge in [-0.15, -0.1) is 0 Å². The highest BCUT2D eigenvalue weighted by atomic mass is 16.6. The highest BCUT2D eigenvalue weighted by Gasteiger charge is 2.27. The van der Waals surface area contributed by atoms with Crippen LogP contribution >= 0.6 is 0 Å². The Balaban J connectivity index is 1.23. The highest BCUT2D eigenvalue weighted by molar-refractivity contribution is 5.78. The number of piperidine rings is 1. The molecule has 3 aliphatic rings. The van der Waals surface area contributed by atoms with Crippen LogP contribution in [0, 0.1) is 0 Å². The number of ether oxygens (including phenoxy) is 2. The molecule has 4 rings (SSSR count). The molecule has 6 heteroatoms. The van der Waals surface area contributed by atoms with Crippen LogP contribution in [-0.4, -0.2) is 61.8 Å². The molecular formula is C19H27N3O3. The van der Waals surface area contributed by atoms with Crippen molar-refractivity contribution in [2.45, 2.75) is 43.9 Å². The third-order valence-corrected chi connectivity index (χ3v) is 5.03. The summed E-state index contributed by atoms with van der Waals surface area (Å²) in [7, 11) is 0. The summed E-state index contributed by atoms with van der Waals surface area (Å²) in [5, 5.41) is 6.44. The number of amides is 1. The maximum Gasteiger partial charge on any atom is 0.234 e. The summed E-state index contributed by atoms with van der Waals surface area (Å²) in [6.45, 7) is 3.79. The van der Waals surface area contributed by atoms with Gasteiger partial charge in [0.25, 0.3) is 0 Å². The van der Waals surface area contributed by atoms with Crippen LogP contribution in [0.1, 0.15) is 25.7 Å². The van der Waals surface area contributed by atoms with Gasteiger partial charge in [-0.2, -0.15) is 0 Å². The van der Waals surface area contributed by atoms with Crippen molar-refractivity contribution >= 4 is 5.91 Å². The summed E-state index contributed by atoms with van der Waals surface area (Å²) >= 11 is 0. The quantitative estimate of drug-likeness (QED) is 0.810. The van der Waals surface area contributed by atoms with Gasteiger partial charge in [0, 0.05) is 25.2 Å². The van der Waals surface area contributed by atoms with Gasteiger partial charge in [-0.1, -0.05) is 12.1 Å². The second kappa shape index (κ2) is 7.62. The number of hydrogen-bond acceptors (Lipinski definition) is 5. The van der Waals surface area contributed by atoms with E-state index in [4.69, 9.17) is 9.47 Å². The number of carbonyl (C=O) groups excluding carboxylic acids is 1. The molecule has 1 saturated heterocycles. The zero-order valence-electron chi connectivity index (χ0n) is 14.6. The maximum atomic E-state index is 12.0. The number of likely N-dealkylation sites (tertiary alicyclic amines) is 1. The molecular weight excluding hydrogens is 318 g/mol. The second-order valence-corrected chi connectivity index (χ2v) is 7.32. The van der Waals surface area contributed by atoms with Crippen molar-refractivity contribution in [2.24, 2.45) is 0 Å². The van der Waals surface area contributed by atoms with E-state index < -0.39 is 0 Å². The first kappa shape index (κ1) is 16.7. The predicted molar refractivity (Wildman–Crippen MR) is 95.0 cm³/mol. The lowest BCUT2D eigenvalue weighted by molar-refractivity contribution is -0.121. The number of rotatable bonds is 6. The van der Waals surface area contributed by atoms with Gasteiger partial charge >= 0.3 is 0 Å². The Labute approximate surface area is 148 Å². The molecule has 2 heterocycles. The lowest BCUT2D eigenvalue weighted by Crippen LogP contribution is -2.52. The third-order valence-electron chi connectivity index (χ3n) is 5.03. The Kier molecular flexibility index (Phi) is 5.08. The minimum atomic E-state index is 0.0425. The minimum Gasteiger partial charge on any atom is -0.486 e. The van der Waals surface area contributed by atoms with Crippen LogP contribution in [-0.2, 0) is 4.79 Å². The van der Waals surface area contributed by atoms with Crippen molar-refractivity contribution in [3.05, 3.63) is 24.3 Å². The topological polar surface area (TPSA) is 62.8 Å². The molecule has 0 aromatic heterocycles. The van der Waals surface area contributed by atoms with E-state index in [1.165, 1.54) is 12.8 Å². The number of benzene rings is 1.